The average Bonchev–Trinajstić information content (AvgIpc) is 3.12. The molecular weight excluding hydrogens is 459 g/mol. The van der Waals surface area contributed by atoms with Gasteiger partial charge in [-0.25, -0.2) is 4.98 Å². The van der Waals surface area contributed by atoms with Gasteiger partial charge in [0.15, 0.2) is 5.96 Å². The molecule has 0 saturated carbocycles. The van der Waals surface area contributed by atoms with E-state index in [0.29, 0.717) is 25.6 Å². The minimum absolute atomic E-state index is 0. The van der Waals surface area contributed by atoms with Crippen LogP contribution >= 0.6 is 24.0 Å². The number of hydrogen-bond acceptors (Lipinski definition) is 5. The van der Waals surface area contributed by atoms with E-state index < -0.39 is 0 Å². The van der Waals surface area contributed by atoms with E-state index in [1.165, 1.54) is 5.56 Å². The van der Waals surface area contributed by atoms with Crippen molar-refractivity contribution in [1.29, 1.82) is 0 Å². The van der Waals surface area contributed by atoms with Gasteiger partial charge in [-0.2, -0.15) is 0 Å². The van der Waals surface area contributed by atoms with Crippen LogP contribution in [-0.4, -0.2) is 62.4 Å². The zero-order chi connectivity index (χ0) is 18.4. The Balaban J connectivity index is 0.00000261. The van der Waals surface area contributed by atoms with Crippen LogP contribution in [0.15, 0.2) is 39.9 Å². The van der Waals surface area contributed by atoms with Crippen molar-refractivity contribution in [1.82, 2.24) is 15.2 Å². The highest BCUT2D eigenvalue weighted by Crippen LogP contribution is 2.19. The maximum Gasteiger partial charge on any atom is 0.226 e. The summed E-state index contributed by atoms with van der Waals surface area (Å²) in [6, 6.07) is 8.13. The largest absolute Gasteiger partial charge is 0.444 e. The number of benzene rings is 1. The predicted molar refractivity (Wildman–Crippen MR) is 115 cm³/mol. The number of methoxy groups -OCH3 is 1. The molecule has 0 radical (unpaired) electrons. The molecule has 0 bridgehead atoms. The van der Waals surface area contributed by atoms with Gasteiger partial charge >= 0.3 is 0 Å². The summed E-state index contributed by atoms with van der Waals surface area (Å²) in [5, 5.41) is 3.35. The van der Waals surface area contributed by atoms with E-state index in [9.17, 15) is 0 Å². The van der Waals surface area contributed by atoms with Crippen molar-refractivity contribution >= 4 is 29.9 Å². The topological polar surface area (TPSA) is 72.1 Å². The third-order valence-electron chi connectivity index (χ3n) is 4.28. The molecule has 0 amide bonds. The molecule has 1 N–H and O–H groups in total. The molecule has 1 aliphatic heterocycles. The van der Waals surface area contributed by atoms with Crippen LogP contribution in [0.5, 0.6) is 0 Å². The second-order valence-corrected chi connectivity index (χ2v) is 6.30. The first-order chi connectivity index (χ1) is 12.7. The molecule has 0 spiro atoms. The number of halogens is 1. The molecule has 148 valence electrons. The van der Waals surface area contributed by atoms with Gasteiger partial charge < -0.3 is 24.1 Å². The molecule has 1 fully saturated rings. The van der Waals surface area contributed by atoms with Gasteiger partial charge in [-0.15, -0.1) is 24.0 Å². The van der Waals surface area contributed by atoms with Crippen LogP contribution in [0.4, 0.5) is 0 Å². The Morgan fingerprint density at radius 1 is 1.37 bits per heavy atom. The number of ether oxygens (including phenoxy) is 2. The second kappa shape index (κ2) is 10.6. The van der Waals surface area contributed by atoms with Gasteiger partial charge in [-0.1, -0.05) is 17.7 Å². The Kier molecular flexibility index (Phi) is 8.52. The molecular formula is C19H27IN4O3. The molecule has 0 aliphatic carbocycles. The number of nitrogens with zero attached hydrogens (tertiary/aromatic N) is 3. The van der Waals surface area contributed by atoms with Crippen molar-refractivity contribution in [2.24, 2.45) is 4.99 Å². The Morgan fingerprint density at radius 3 is 2.85 bits per heavy atom. The molecule has 1 aliphatic rings. The summed E-state index contributed by atoms with van der Waals surface area (Å²) in [6.07, 6.45) is 1.75. The lowest BCUT2D eigenvalue weighted by atomic mass is 10.1. The zero-order valence-corrected chi connectivity index (χ0v) is 18.3. The molecule has 7 nitrogen and oxygen atoms in total. The van der Waals surface area contributed by atoms with E-state index in [1.54, 1.807) is 20.4 Å². The van der Waals surface area contributed by atoms with Gasteiger partial charge in [0, 0.05) is 32.8 Å². The number of aliphatic imine (C=N–C) groups is 1. The van der Waals surface area contributed by atoms with E-state index in [-0.39, 0.29) is 30.1 Å². The summed E-state index contributed by atoms with van der Waals surface area (Å²) in [5.74, 6) is 1.46. The van der Waals surface area contributed by atoms with Crippen LogP contribution in [0.2, 0.25) is 0 Å². The van der Waals surface area contributed by atoms with Crippen molar-refractivity contribution in [3.63, 3.8) is 0 Å². The average molecular weight is 486 g/mol. The molecule has 3 rings (SSSR count). The standard InChI is InChI=1S/C19H26N4O3.HI/c1-14-4-6-15(7-5-14)18-22-16(12-26-18)10-21-19(20-2)23-8-9-25-17(11-23)13-24-3;/h4-7,12,17H,8-11,13H2,1-3H3,(H,20,21);1H. The lowest BCUT2D eigenvalue weighted by Gasteiger charge is -2.34. The number of rotatable bonds is 5. The van der Waals surface area contributed by atoms with Gasteiger partial charge in [0.25, 0.3) is 0 Å². The van der Waals surface area contributed by atoms with E-state index in [1.807, 2.05) is 24.3 Å². The minimum Gasteiger partial charge on any atom is -0.444 e. The number of hydrogen-bond donors (Lipinski definition) is 1. The van der Waals surface area contributed by atoms with Gasteiger partial charge in [-0.3, -0.25) is 4.99 Å². The Labute approximate surface area is 177 Å². The molecule has 1 atom stereocenters. The lowest BCUT2D eigenvalue weighted by molar-refractivity contribution is -0.0447. The van der Waals surface area contributed by atoms with Gasteiger partial charge in [0.2, 0.25) is 5.89 Å². The van der Waals surface area contributed by atoms with Crippen molar-refractivity contribution in [3.8, 4) is 11.5 Å². The third kappa shape index (κ3) is 5.91. The molecule has 1 aromatic heterocycles. The van der Waals surface area contributed by atoms with Crippen LogP contribution in [0, 0.1) is 6.92 Å². The Bertz CT molecular complexity index is 731. The Hall–Kier alpha value is -1.65. The lowest BCUT2D eigenvalue weighted by Crippen LogP contribution is -2.51. The second-order valence-electron chi connectivity index (χ2n) is 6.30. The monoisotopic (exact) mass is 486 g/mol. The fourth-order valence-electron chi connectivity index (χ4n) is 2.92. The smallest absolute Gasteiger partial charge is 0.226 e. The predicted octanol–water partition coefficient (Wildman–Crippen LogP) is 2.69. The fraction of sp³-hybridized carbons (Fsp3) is 0.474. The fourth-order valence-corrected chi connectivity index (χ4v) is 2.92. The number of aromatic nitrogens is 1. The summed E-state index contributed by atoms with van der Waals surface area (Å²) in [7, 11) is 3.47. The van der Waals surface area contributed by atoms with E-state index in [2.05, 4.69) is 27.1 Å². The van der Waals surface area contributed by atoms with Crippen molar-refractivity contribution < 1.29 is 13.9 Å². The van der Waals surface area contributed by atoms with Crippen molar-refractivity contribution in [2.45, 2.75) is 19.6 Å². The molecule has 27 heavy (non-hydrogen) atoms. The zero-order valence-electron chi connectivity index (χ0n) is 16.0. The first-order valence-corrected chi connectivity index (χ1v) is 8.77. The molecule has 1 unspecified atom stereocenters. The highest BCUT2D eigenvalue weighted by molar-refractivity contribution is 14.0. The minimum atomic E-state index is 0. The number of guanidine groups is 1. The van der Waals surface area contributed by atoms with Crippen LogP contribution in [-0.2, 0) is 16.0 Å². The number of oxazole rings is 1. The van der Waals surface area contributed by atoms with Gasteiger partial charge in [0.1, 0.15) is 6.26 Å². The normalized spacial score (nSPS) is 17.5. The first kappa shape index (κ1) is 21.6. The molecule has 1 aromatic carbocycles. The summed E-state index contributed by atoms with van der Waals surface area (Å²) in [6.45, 7) is 5.40. The summed E-state index contributed by atoms with van der Waals surface area (Å²) in [5.41, 5.74) is 3.02. The highest BCUT2D eigenvalue weighted by atomic mass is 127. The van der Waals surface area contributed by atoms with E-state index in [4.69, 9.17) is 13.9 Å². The number of morpholine rings is 1. The van der Waals surface area contributed by atoms with Gasteiger partial charge in [0.05, 0.1) is 31.6 Å². The van der Waals surface area contributed by atoms with Crippen LogP contribution in [0.1, 0.15) is 11.3 Å². The third-order valence-corrected chi connectivity index (χ3v) is 4.28. The number of aryl methyl sites for hydroxylation is 1. The SMILES string of the molecule is CN=C(NCc1coc(-c2ccc(C)cc2)n1)N1CCOC(COC)C1.I. The van der Waals surface area contributed by atoms with E-state index in [0.717, 1.165) is 30.3 Å². The summed E-state index contributed by atoms with van der Waals surface area (Å²) < 4.78 is 16.5. The highest BCUT2D eigenvalue weighted by Gasteiger charge is 2.22. The van der Waals surface area contributed by atoms with Crippen molar-refractivity contribution in [3.05, 3.63) is 41.8 Å². The summed E-state index contributed by atoms with van der Waals surface area (Å²) >= 11 is 0. The molecule has 2 heterocycles. The van der Waals surface area contributed by atoms with Crippen LogP contribution in [0.3, 0.4) is 0 Å². The molecule has 2 aromatic rings. The van der Waals surface area contributed by atoms with Crippen LogP contribution < -0.4 is 5.32 Å². The maximum atomic E-state index is 5.69. The molecule has 8 heteroatoms. The first-order valence-electron chi connectivity index (χ1n) is 8.77. The maximum absolute atomic E-state index is 5.69. The van der Waals surface area contributed by atoms with Crippen molar-refractivity contribution in [2.75, 3.05) is 40.5 Å². The van der Waals surface area contributed by atoms with Crippen LogP contribution in [0.25, 0.3) is 11.5 Å². The molecule has 1 saturated heterocycles. The Morgan fingerprint density at radius 2 is 2.15 bits per heavy atom. The van der Waals surface area contributed by atoms with Gasteiger partial charge in [-0.05, 0) is 19.1 Å². The quantitative estimate of drug-likeness (QED) is 0.398. The summed E-state index contributed by atoms with van der Waals surface area (Å²) in [4.78, 5) is 11.1. The van der Waals surface area contributed by atoms with E-state index >= 15 is 0 Å². The number of nitrogens with one attached hydrogen (secondary N) is 1.